The Labute approximate surface area is 108 Å². The van der Waals surface area contributed by atoms with Crippen molar-refractivity contribution in [3.8, 4) is 0 Å². The quantitative estimate of drug-likeness (QED) is 0.860. The summed E-state index contributed by atoms with van der Waals surface area (Å²) in [6.45, 7) is 3.22. The number of primary sulfonamides is 1. The van der Waals surface area contributed by atoms with Gasteiger partial charge in [0.15, 0.2) is 0 Å². The molecule has 0 aliphatic rings. The van der Waals surface area contributed by atoms with Gasteiger partial charge in [-0.2, -0.15) is 0 Å². The molecule has 0 spiro atoms. The second kappa shape index (κ2) is 4.61. The molecule has 0 saturated heterocycles. The Bertz CT molecular complexity index is 676. The highest BCUT2D eigenvalue weighted by molar-refractivity contribution is 7.90. The van der Waals surface area contributed by atoms with Gasteiger partial charge in [0, 0.05) is 14.1 Å². The van der Waals surface area contributed by atoms with Gasteiger partial charge in [-0.25, -0.2) is 26.3 Å². The first-order valence-corrected chi connectivity index (χ1v) is 8.03. The molecule has 102 valence electrons. The molecule has 1 aromatic carbocycles. The van der Waals surface area contributed by atoms with E-state index in [0.29, 0.717) is 11.1 Å². The minimum Gasteiger partial charge on any atom is -0.225 e. The molecule has 0 amide bonds. The summed E-state index contributed by atoms with van der Waals surface area (Å²) in [5, 5.41) is 5.08. The molecule has 0 aliphatic carbocycles. The Morgan fingerprint density at radius 1 is 1.06 bits per heavy atom. The number of hydrogen-bond donors (Lipinski definition) is 1. The van der Waals surface area contributed by atoms with Crippen molar-refractivity contribution in [1.82, 2.24) is 4.31 Å². The van der Waals surface area contributed by atoms with E-state index in [1.165, 1.54) is 20.2 Å². The maximum absolute atomic E-state index is 12.0. The van der Waals surface area contributed by atoms with E-state index >= 15 is 0 Å². The van der Waals surface area contributed by atoms with Crippen LogP contribution >= 0.6 is 0 Å². The first kappa shape index (κ1) is 15.1. The number of nitrogens with two attached hydrogens (primary N) is 1. The highest BCUT2D eigenvalue weighted by Crippen LogP contribution is 2.24. The lowest BCUT2D eigenvalue weighted by molar-refractivity contribution is 0.520. The lowest BCUT2D eigenvalue weighted by atomic mass is 10.1. The van der Waals surface area contributed by atoms with E-state index in [1.807, 2.05) is 0 Å². The van der Waals surface area contributed by atoms with Crippen LogP contribution in [0.3, 0.4) is 0 Å². The van der Waals surface area contributed by atoms with Crippen molar-refractivity contribution in [2.45, 2.75) is 23.6 Å². The highest BCUT2D eigenvalue weighted by Gasteiger charge is 2.22. The SMILES string of the molecule is Cc1cc(S(=O)(=O)N(C)C)cc(S(N)(=O)=O)c1C. The van der Waals surface area contributed by atoms with Gasteiger partial charge in [0.2, 0.25) is 20.0 Å². The molecule has 6 nitrogen and oxygen atoms in total. The minimum atomic E-state index is -3.95. The van der Waals surface area contributed by atoms with Gasteiger partial charge in [0.05, 0.1) is 9.79 Å². The molecule has 0 aromatic heterocycles. The van der Waals surface area contributed by atoms with E-state index < -0.39 is 20.0 Å². The van der Waals surface area contributed by atoms with Crippen LogP contribution in [0.1, 0.15) is 11.1 Å². The molecule has 18 heavy (non-hydrogen) atoms. The van der Waals surface area contributed by atoms with Crippen molar-refractivity contribution >= 4 is 20.0 Å². The third-order valence-corrected chi connectivity index (χ3v) is 5.51. The number of sulfonamides is 2. The van der Waals surface area contributed by atoms with E-state index in [2.05, 4.69) is 0 Å². The third kappa shape index (κ3) is 2.72. The van der Waals surface area contributed by atoms with Crippen LogP contribution in [0, 0.1) is 13.8 Å². The van der Waals surface area contributed by atoms with Gasteiger partial charge in [0.25, 0.3) is 0 Å². The molecule has 0 fully saturated rings. The van der Waals surface area contributed by atoms with E-state index in [0.717, 1.165) is 10.4 Å². The van der Waals surface area contributed by atoms with Crippen LogP contribution in [0.25, 0.3) is 0 Å². The minimum absolute atomic E-state index is 0.0837. The molecule has 8 heteroatoms. The Morgan fingerprint density at radius 2 is 1.56 bits per heavy atom. The number of nitrogens with zero attached hydrogens (tertiary/aromatic N) is 1. The average molecular weight is 292 g/mol. The van der Waals surface area contributed by atoms with Crippen LogP contribution in [-0.2, 0) is 20.0 Å². The van der Waals surface area contributed by atoms with Crippen LogP contribution in [0.5, 0.6) is 0 Å². The van der Waals surface area contributed by atoms with Crippen LogP contribution < -0.4 is 5.14 Å². The van der Waals surface area contributed by atoms with E-state index in [-0.39, 0.29) is 9.79 Å². The second-order valence-electron chi connectivity index (χ2n) is 4.20. The van der Waals surface area contributed by atoms with Gasteiger partial charge in [-0.3, -0.25) is 0 Å². The zero-order valence-electron chi connectivity index (χ0n) is 10.6. The Balaban J connectivity index is 3.69. The summed E-state index contributed by atoms with van der Waals surface area (Å²) >= 11 is 0. The molecule has 0 unspecified atom stereocenters. The van der Waals surface area contributed by atoms with E-state index in [1.54, 1.807) is 13.8 Å². The predicted molar refractivity (Wildman–Crippen MR) is 68.2 cm³/mol. The first-order valence-electron chi connectivity index (χ1n) is 5.04. The molecule has 1 rings (SSSR count). The molecule has 0 saturated carbocycles. The molecule has 0 bridgehead atoms. The van der Waals surface area contributed by atoms with Crippen molar-refractivity contribution in [1.29, 1.82) is 0 Å². The summed E-state index contributed by atoms with van der Waals surface area (Å²) in [5.41, 5.74) is 1.01. The Hall–Kier alpha value is -0.960. The molecular formula is C10H16N2O4S2. The van der Waals surface area contributed by atoms with Crippen LogP contribution in [0.4, 0.5) is 0 Å². The second-order valence-corrected chi connectivity index (χ2v) is 7.88. The highest BCUT2D eigenvalue weighted by atomic mass is 32.2. The largest absolute Gasteiger partial charge is 0.242 e. The van der Waals surface area contributed by atoms with Gasteiger partial charge in [-0.15, -0.1) is 0 Å². The summed E-state index contributed by atoms with van der Waals surface area (Å²) in [6, 6.07) is 2.52. The predicted octanol–water partition coefficient (Wildman–Crippen LogP) is 0.201. The zero-order valence-corrected chi connectivity index (χ0v) is 12.3. The summed E-state index contributed by atoms with van der Waals surface area (Å²) in [5.74, 6) is 0. The summed E-state index contributed by atoms with van der Waals surface area (Å²) in [7, 11) is -4.88. The van der Waals surface area contributed by atoms with Gasteiger partial charge in [0.1, 0.15) is 0 Å². The van der Waals surface area contributed by atoms with Gasteiger partial charge >= 0.3 is 0 Å². The maximum atomic E-state index is 12.0. The molecule has 1 aromatic rings. The van der Waals surface area contributed by atoms with Gasteiger partial charge in [-0.1, -0.05) is 0 Å². The Kier molecular flexibility index (Phi) is 3.87. The molecular weight excluding hydrogens is 276 g/mol. The normalized spacial score (nSPS) is 13.0. The van der Waals surface area contributed by atoms with Crippen molar-refractivity contribution in [3.05, 3.63) is 23.3 Å². The fourth-order valence-electron chi connectivity index (χ4n) is 1.45. The van der Waals surface area contributed by atoms with Gasteiger partial charge < -0.3 is 0 Å². The third-order valence-electron chi connectivity index (χ3n) is 2.68. The number of hydrogen-bond acceptors (Lipinski definition) is 4. The fraction of sp³-hybridized carbons (Fsp3) is 0.400. The summed E-state index contributed by atoms with van der Waals surface area (Å²) in [4.78, 5) is -0.248. The Morgan fingerprint density at radius 3 is 1.94 bits per heavy atom. The van der Waals surface area contributed by atoms with Gasteiger partial charge in [-0.05, 0) is 37.1 Å². The lowest BCUT2D eigenvalue weighted by Gasteiger charge is -2.14. The maximum Gasteiger partial charge on any atom is 0.242 e. The first-order chi connectivity index (χ1) is 7.98. The average Bonchev–Trinajstić information content (AvgIpc) is 2.19. The van der Waals surface area contributed by atoms with Crippen LogP contribution in [-0.4, -0.2) is 35.2 Å². The topological polar surface area (TPSA) is 97.5 Å². The fourth-order valence-corrected chi connectivity index (χ4v) is 3.42. The van der Waals surface area contributed by atoms with E-state index in [4.69, 9.17) is 5.14 Å². The van der Waals surface area contributed by atoms with E-state index in [9.17, 15) is 16.8 Å². The number of rotatable bonds is 3. The molecule has 0 atom stereocenters. The standard InChI is InChI=1S/C10H16N2O4S2/c1-7-5-9(18(15,16)12(3)4)6-10(8(7)2)17(11,13)14/h5-6H,1-4H3,(H2,11,13,14). The smallest absolute Gasteiger partial charge is 0.225 e. The van der Waals surface area contributed by atoms with Crippen molar-refractivity contribution in [2.75, 3.05) is 14.1 Å². The van der Waals surface area contributed by atoms with Crippen molar-refractivity contribution in [3.63, 3.8) is 0 Å². The van der Waals surface area contributed by atoms with Crippen molar-refractivity contribution < 1.29 is 16.8 Å². The molecule has 2 N–H and O–H groups in total. The zero-order chi connectivity index (χ0) is 14.3. The van der Waals surface area contributed by atoms with Crippen molar-refractivity contribution in [2.24, 2.45) is 5.14 Å². The number of benzene rings is 1. The molecule has 0 aliphatic heterocycles. The van der Waals surface area contributed by atoms with Crippen LogP contribution in [0.15, 0.2) is 21.9 Å². The monoisotopic (exact) mass is 292 g/mol. The summed E-state index contributed by atoms with van der Waals surface area (Å²) in [6.07, 6.45) is 0. The lowest BCUT2D eigenvalue weighted by Crippen LogP contribution is -2.23. The number of aryl methyl sites for hydroxylation is 1. The molecule has 0 radical (unpaired) electrons. The summed E-state index contributed by atoms with van der Waals surface area (Å²) < 4.78 is 47.8. The molecule has 0 heterocycles. The van der Waals surface area contributed by atoms with Crippen LogP contribution in [0.2, 0.25) is 0 Å².